The minimum atomic E-state index is 0.891. The van der Waals surface area contributed by atoms with E-state index in [1.807, 2.05) is 18.2 Å². The smallest absolute Gasteiger partial charge is 0.167 e. The first kappa shape index (κ1) is 10.7. The second-order valence-corrected chi connectivity index (χ2v) is 4.47. The molecule has 1 aliphatic heterocycles. The van der Waals surface area contributed by atoms with Gasteiger partial charge < -0.3 is 14.7 Å². The van der Waals surface area contributed by atoms with Crippen LogP contribution in [0.2, 0.25) is 0 Å². The van der Waals surface area contributed by atoms with E-state index in [-0.39, 0.29) is 0 Å². The van der Waals surface area contributed by atoms with Crippen LogP contribution in [0.3, 0.4) is 0 Å². The van der Waals surface area contributed by atoms with Gasteiger partial charge in [-0.15, -0.1) is 0 Å². The lowest BCUT2D eigenvalue weighted by Crippen LogP contribution is -2.44. The summed E-state index contributed by atoms with van der Waals surface area (Å²) in [7, 11) is 0. The first-order valence-electron chi connectivity index (χ1n) is 6.20. The van der Waals surface area contributed by atoms with Crippen LogP contribution in [0.4, 0.5) is 0 Å². The van der Waals surface area contributed by atoms with Crippen LogP contribution in [0.1, 0.15) is 5.69 Å². The quantitative estimate of drug-likeness (QED) is 0.864. The molecular weight excluding hydrogens is 214 g/mol. The van der Waals surface area contributed by atoms with E-state index in [9.17, 15) is 0 Å². The number of hydrogen-bond donors (Lipinski definition) is 1. The largest absolute Gasteiger partial charge is 0.356 e. The van der Waals surface area contributed by atoms with Crippen LogP contribution in [0.15, 0.2) is 28.8 Å². The molecule has 1 aromatic heterocycles. The summed E-state index contributed by atoms with van der Waals surface area (Å²) < 4.78 is 5.31. The standard InChI is InChI=1S/C13H17N3O/c1-2-4-13-11(3-1)12(15-17-13)5-8-16-9-6-14-7-10-16/h1-4,14H,5-10H2. The third-order valence-electron chi connectivity index (χ3n) is 3.33. The molecule has 0 bridgehead atoms. The van der Waals surface area contributed by atoms with Gasteiger partial charge in [0, 0.05) is 44.5 Å². The molecule has 0 aliphatic carbocycles. The normalized spacial score (nSPS) is 17.6. The topological polar surface area (TPSA) is 41.3 Å². The van der Waals surface area contributed by atoms with Gasteiger partial charge in [-0.05, 0) is 12.1 Å². The summed E-state index contributed by atoms with van der Waals surface area (Å²) in [5.41, 5.74) is 1.97. The Labute approximate surface area is 101 Å². The van der Waals surface area contributed by atoms with Gasteiger partial charge in [0.05, 0.1) is 5.69 Å². The van der Waals surface area contributed by atoms with Gasteiger partial charge in [-0.25, -0.2) is 0 Å². The second-order valence-electron chi connectivity index (χ2n) is 4.47. The third-order valence-corrected chi connectivity index (χ3v) is 3.33. The monoisotopic (exact) mass is 231 g/mol. The summed E-state index contributed by atoms with van der Waals surface area (Å²) in [6, 6.07) is 8.07. The zero-order valence-corrected chi connectivity index (χ0v) is 9.85. The Morgan fingerprint density at radius 2 is 2.06 bits per heavy atom. The summed E-state index contributed by atoms with van der Waals surface area (Å²) >= 11 is 0. The van der Waals surface area contributed by atoms with Gasteiger partial charge in [-0.3, -0.25) is 0 Å². The maximum Gasteiger partial charge on any atom is 0.167 e. The zero-order valence-electron chi connectivity index (χ0n) is 9.85. The maximum absolute atomic E-state index is 5.31. The number of rotatable bonds is 3. The van der Waals surface area contributed by atoms with Crippen molar-refractivity contribution in [3.63, 3.8) is 0 Å². The molecule has 0 saturated carbocycles. The lowest BCUT2D eigenvalue weighted by atomic mass is 10.1. The molecule has 1 fully saturated rings. The van der Waals surface area contributed by atoms with Crippen LogP contribution in [0.5, 0.6) is 0 Å². The molecule has 1 N–H and O–H groups in total. The number of para-hydroxylation sites is 1. The fourth-order valence-electron chi connectivity index (χ4n) is 2.32. The first-order chi connectivity index (χ1) is 8.43. The SMILES string of the molecule is c1ccc2c(CCN3CCNCC3)noc2c1. The minimum Gasteiger partial charge on any atom is -0.356 e. The second kappa shape index (κ2) is 4.85. The van der Waals surface area contributed by atoms with E-state index in [0.717, 1.165) is 55.8 Å². The Kier molecular flexibility index (Phi) is 3.07. The summed E-state index contributed by atoms with van der Waals surface area (Å²) in [5.74, 6) is 0. The molecule has 90 valence electrons. The van der Waals surface area contributed by atoms with E-state index in [1.165, 1.54) is 0 Å². The fourth-order valence-corrected chi connectivity index (χ4v) is 2.32. The van der Waals surface area contributed by atoms with Gasteiger partial charge >= 0.3 is 0 Å². The fraction of sp³-hybridized carbons (Fsp3) is 0.462. The molecule has 4 heteroatoms. The number of nitrogens with zero attached hydrogens (tertiary/aromatic N) is 2. The highest BCUT2D eigenvalue weighted by molar-refractivity contribution is 5.79. The molecule has 0 atom stereocenters. The maximum atomic E-state index is 5.31. The number of nitrogens with one attached hydrogen (secondary N) is 1. The average Bonchev–Trinajstić information content (AvgIpc) is 2.81. The van der Waals surface area contributed by atoms with Crippen molar-refractivity contribution in [2.24, 2.45) is 0 Å². The van der Waals surface area contributed by atoms with E-state index < -0.39 is 0 Å². The van der Waals surface area contributed by atoms with E-state index in [4.69, 9.17) is 4.52 Å². The summed E-state index contributed by atoms with van der Waals surface area (Å²) in [4.78, 5) is 2.47. The van der Waals surface area contributed by atoms with Crippen molar-refractivity contribution in [1.82, 2.24) is 15.4 Å². The van der Waals surface area contributed by atoms with Crippen LogP contribution in [-0.2, 0) is 6.42 Å². The Bertz CT molecular complexity index is 488. The van der Waals surface area contributed by atoms with Crippen molar-refractivity contribution in [2.45, 2.75) is 6.42 Å². The molecule has 1 aliphatic rings. The number of benzene rings is 1. The van der Waals surface area contributed by atoms with Gasteiger partial charge in [0.15, 0.2) is 5.58 Å². The molecule has 4 nitrogen and oxygen atoms in total. The van der Waals surface area contributed by atoms with Gasteiger partial charge in [0.1, 0.15) is 0 Å². The molecule has 0 unspecified atom stereocenters. The van der Waals surface area contributed by atoms with Crippen molar-refractivity contribution < 1.29 is 4.52 Å². The molecule has 3 rings (SSSR count). The van der Waals surface area contributed by atoms with Gasteiger partial charge in [0.2, 0.25) is 0 Å². The first-order valence-corrected chi connectivity index (χ1v) is 6.20. The average molecular weight is 231 g/mol. The Morgan fingerprint density at radius 3 is 2.94 bits per heavy atom. The third kappa shape index (κ3) is 2.33. The van der Waals surface area contributed by atoms with Crippen LogP contribution >= 0.6 is 0 Å². The molecule has 1 aromatic carbocycles. The van der Waals surface area contributed by atoms with E-state index in [1.54, 1.807) is 0 Å². The highest BCUT2D eigenvalue weighted by Crippen LogP contribution is 2.18. The highest BCUT2D eigenvalue weighted by Gasteiger charge is 2.12. The summed E-state index contributed by atoms with van der Waals surface area (Å²) in [5, 5.41) is 8.68. The van der Waals surface area contributed by atoms with Gasteiger partial charge in [0.25, 0.3) is 0 Å². The lowest BCUT2D eigenvalue weighted by Gasteiger charge is -2.26. The summed E-state index contributed by atoms with van der Waals surface area (Å²) in [6.45, 7) is 5.53. The van der Waals surface area contributed by atoms with Crippen molar-refractivity contribution in [1.29, 1.82) is 0 Å². The van der Waals surface area contributed by atoms with Crippen LogP contribution in [0.25, 0.3) is 11.0 Å². The predicted molar refractivity (Wildman–Crippen MR) is 67.0 cm³/mol. The van der Waals surface area contributed by atoms with Crippen molar-refractivity contribution in [3.05, 3.63) is 30.0 Å². The van der Waals surface area contributed by atoms with Gasteiger partial charge in [-0.1, -0.05) is 17.3 Å². The molecule has 0 radical (unpaired) electrons. The number of hydrogen-bond acceptors (Lipinski definition) is 4. The minimum absolute atomic E-state index is 0.891. The molecular formula is C13H17N3O. The molecule has 17 heavy (non-hydrogen) atoms. The zero-order chi connectivity index (χ0) is 11.5. The molecule has 2 heterocycles. The molecule has 2 aromatic rings. The van der Waals surface area contributed by atoms with Crippen LogP contribution in [-0.4, -0.2) is 42.8 Å². The number of piperazine rings is 1. The predicted octanol–water partition coefficient (Wildman–Crippen LogP) is 1.28. The van der Waals surface area contributed by atoms with Crippen molar-refractivity contribution in [3.8, 4) is 0 Å². The molecule has 0 amide bonds. The Hall–Kier alpha value is -1.39. The number of aromatic nitrogens is 1. The Balaban J connectivity index is 1.68. The Morgan fingerprint density at radius 1 is 1.24 bits per heavy atom. The molecule has 1 saturated heterocycles. The van der Waals surface area contributed by atoms with E-state index in [0.29, 0.717) is 0 Å². The molecule has 0 spiro atoms. The van der Waals surface area contributed by atoms with Crippen LogP contribution < -0.4 is 5.32 Å². The number of fused-ring (bicyclic) bond motifs is 1. The summed E-state index contributed by atoms with van der Waals surface area (Å²) in [6.07, 6.45) is 0.969. The lowest BCUT2D eigenvalue weighted by molar-refractivity contribution is 0.242. The van der Waals surface area contributed by atoms with E-state index >= 15 is 0 Å². The highest BCUT2D eigenvalue weighted by atomic mass is 16.5. The van der Waals surface area contributed by atoms with Crippen molar-refractivity contribution >= 4 is 11.0 Å². The van der Waals surface area contributed by atoms with Crippen LogP contribution in [0, 0.1) is 0 Å². The van der Waals surface area contributed by atoms with Gasteiger partial charge in [-0.2, -0.15) is 0 Å². The van der Waals surface area contributed by atoms with E-state index in [2.05, 4.69) is 21.4 Å². The van der Waals surface area contributed by atoms with Crippen molar-refractivity contribution in [2.75, 3.05) is 32.7 Å².